The largest absolute Gasteiger partial charge is 0.506 e. The third-order valence-electron chi connectivity index (χ3n) is 3.67. The van der Waals surface area contributed by atoms with Crippen molar-refractivity contribution < 1.29 is 27.8 Å². The van der Waals surface area contributed by atoms with Crippen LogP contribution in [0.5, 0.6) is 11.5 Å². The second-order valence-corrected chi connectivity index (χ2v) is 7.25. The molecule has 0 radical (unpaired) electrons. The lowest BCUT2D eigenvalue weighted by atomic mass is 10.2. The number of benzene rings is 2. The number of nitrogens with one attached hydrogen (secondary N) is 2. The maximum absolute atomic E-state index is 12.7. The van der Waals surface area contributed by atoms with Gasteiger partial charge in [0.25, 0.3) is 15.9 Å². The number of carbonyl (C=O) groups is 1. The van der Waals surface area contributed by atoms with E-state index in [1.165, 1.54) is 25.3 Å². The third-order valence-corrected chi connectivity index (χ3v) is 5.04. The first-order chi connectivity index (χ1) is 12.8. The number of methoxy groups -OCH3 is 1. The van der Waals surface area contributed by atoms with Crippen molar-refractivity contribution in [1.29, 1.82) is 0 Å². The molecule has 2 rings (SSSR count). The fraction of sp³-hybridized carbons (Fsp3) is 0.278. The molecule has 0 aliphatic carbocycles. The Kier molecular flexibility index (Phi) is 6.65. The van der Waals surface area contributed by atoms with Crippen molar-refractivity contribution in [3.8, 4) is 11.5 Å². The second kappa shape index (κ2) is 8.74. The van der Waals surface area contributed by atoms with E-state index in [1.54, 1.807) is 38.1 Å². The van der Waals surface area contributed by atoms with E-state index in [0.29, 0.717) is 12.4 Å². The van der Waals surface area contributed by atoms with Gasteiger partial charge in [0, 0.05) is 6.61 Å². The van der Waals surface area contributed by atoms with Crippen molar-refractivity contribution in [3.63, 3.8) is 0 Å². The predicted octanol–water partition coefficient (Wildman–Crippen LogP) is 2.57. The Balaban J connectivity index is 2.29. The Morgan fingerprint density at radius 3 is 2.56 bits per heavy atom. The number of phenolic OH excluding ortho intramolecular Hbond substituents is 1. The average molecular weight is 394 g/mol. The molecule has 0 bridgehead atoms. The van der Waals surface area contributed by atoms with Gasteiger partial charge in [-0.15, -0.1) is 0 Å². The molecule has 3 N–H and O–H groups in total. The fourth-order valence-corrected chi connectivity index (χ4v) is 3.37. The molecule has 8 nitrogen and oxygen atoms in total. The number of carbonyl (C=O) groups excluding carboxylic acids is 1. The Hall–Kier alpha value is -2.78. The molecule has 0 saturated heterocycles. The lowest BCUT2D eigenvalue weighted by Gasteiger charge is -2.15. The van der Waals surface area contributed by atoms with E-state index >= 15 is 0 Å². The first-order valence-corrected chi connectivity index (χ1v) is 9.68. The van der Waals surface area contributed by atoms with Gasteiger partial charge in [-0.25, -0.2) is 8.42 Å². The highest BCUT2D eigenvalue weighted by molar-refractivity contribution is 7.92. The summed E-state index contributed by atoms with van der Waals surface area (Å²) in [6.45, 7) is 3.65. The molecule has 2 aromatic rings. The molecule has 0 heterocycles. The van der Waals surface area contributed by atoms with Gasteiger partial charge >= 0.3 is 0 Å². The highest BCUT2D eigenvalue weighted by Gasteiger charge is 2.20. The van der Waals surface area contributed by atoms with Crippen LogP contribution in [0.3, 0.4) is 0 Å². The lowest BCUT2D eigenvalue weighted by Crippen LogP contribution is -2.27. The minimum Gasteiger partial charge on any atom is -0.506 e. The van der Waals surface area contributed by atoms with Crippen molar-refractivity contribution in [3.05, 3.63) is 42.5 Å². The zero-order valence-corrected chi connectivity index (χ0v) is 16.0. The molecule has 0 aromatic heterocycles. The normalized spacial score (nSPS) is 12.3. The summed E-state index contributed by atoms with van der Waals surface area (Å²) in [5.74, 6) is -0.401. The zero-order valence-electron chi connectivity index (χ0n) is 15.2. The minimum atomic E-state index is -3.98. The zero-order chi connectivity index (χ0) is 20.0. The van der Waals surface area contributed by atoms with E-state index in [0.717, 1.165) is 0 Å². The Morgan fingerprint density at radius 1 is 1.19 bits per heavy atom. The summed E-state index contributed by atoms with van der Waals surface area (Å²) >= 11 is 0. The number of rotatable bonds is 8. The number of aromatic hydroxyl groups is 1. The first-order valence-electron chi connectivity index (χ1n) is 8.19. The van der Waals surface area contributed by atoms with E-state index in [9.17, 15) is 18.3 Å². The van der Waals surface area contributed by atoms with Crippen LogP contribution in [-0.2, 0) is 19.6 Å². The van der Waals surface area contributed by atoms with E-state index in [-0.39, 0.29) is 22.0 Å². The molecule has 0 fully saturated rings. The van der Waals surface area contributed by atoms with Crippen LogP contribution < -0.4 is 14.8 Å². The van der Waals surface area contributed by atoms with Crippen LogP contribution in [-0.4, -0.2) is 39.3 Å². The van der Waals surface area contributed by atoms with E-state index in [4.69, 9.17) is 9.47 Å². The van der Waals surface area contributed by atoms with Crippen molar-refractivity contribution in [1.82, 2.24) is 0 Å². The Labute approximate surface area is 158 Å². The highest BCUT2D eigenvalue weighted by Crippen LogP contribution is 2.30. The maximum atomic E-state index is 12.7. The predicted molar refractivity (Wildman–Crippen MR) is 102 cm³/mol. The number of anilines is 2. The van der Waals surface area contributed by atoms with Crippen LogP contribution in [0.2, 0.25) is 0 Å². The number of amides is 1. The van der Waals surface area contributed by atoms with E-state index < -0.39 is 22.0 Å². The molecule has 0 aliphatic heterocycles. The van der Waals surface area contributed by atoms with Gasteiger partial charge in [0.15, 0.2) is 0 Å². The smallest absolute Gasteiger partial charge is 0.262 e. The third kappa shape index (κ3) is 5.11. The van der Waals surface area contributed by atoms with Gasteiger partial charge in [-0.3, -0.25) is 9.52 Å². The number of hydrogen-bond donors (Lipinski definition) is 3. The van der Waals surface area contributed by atoms with Crippen molar-refractivity contribution in [2.75, 3.05) is 23.8 Å². The number of para-hydroxylation sites is 2. The molecule has 1 atom stereocenters. The molecule has 0 saturated carbocycles. The molecule has 0 aliphatic rings. The van der Waals surface area contributed by atoms with Gasteiger partial charge in [-0.05, 0) is 44.2 Å². The van der Waals surface area contributed by atoms with Gasteiger partial charge in [0.2, 0.25) is 0 Å². The number of hydrogen-bond acceptors (Lipinski definition) is 6. The van der Waals surface area contributed by atoms with Crippen molar-refractivity contribution in [2.24, 2.45) is 0 Å². The van der Waals surface area contributed by atoms with Crippen molar-refractivity contribution >= 4 is 27.3 Å². The molecule has 1 unspecified atom stereocenters. The van der Waals surface area contributed by atoms with Crippen LogP contribution >= 0.6 is 0 Å². The van der Waals surface area contributed by atoms with Crippen LogP contribution in [0.1, 0.15) is 13.8 Å². The quantitative estimate of drug-likeness (QED) is 0.593. The molecule has 0 spiro atoms. The number of ether oxygens (including phenoxy) is 2. The second-order valence-electron chi connectivity index (χ2n) is 5.57. The summed E-state index contributed by atoms with van der Waals surface area (Å²) in [5.41, 5.74) is 0.234. The number of phenols is 1. The van der Waals surface area contributed by atoms with Crippen LogP contribution in [0, 0.1) is 0 Å². The topological polar surface area (TPSA) is 114 Å². The SMILES string of the molecule is CCOC(C)C(=O)Nc1cc(S(=O)(=O)Nc2ccccc2OC)ccc1O. The first kappa shape index (κ1) is 20.5. The van der Waals surface area contributed by atoms with Crippen LogP contribution in [0.15, 0.2) is 47.4 Å². The summed E-state index contributed by atoms with van der Waals surface area (Å²) in [6.07, 6.45) is -0.749. The van der Waals surface area contributed by atoms with Crippen LogP contribution in [0.4, 0.5) is 11.4 Å². The van der Waals surface area contributed by atoms with Gasteiger partial charge < -0.3 is 19.9 Å². The molecule has 1 amide bonds. The Morgan fingerprint density at radius 2 is 1.89 bits per heavy atom. The fourth-order valence-electron chi connectivity index (χ4n) is 2.28. The number of sulfonamides is 1. The molecular formula is C18H22N2O6S. The molecule has 27 heavy (non-hydrogen) atoms. The Bertz CT molecular complexity index is 914. The molecule has 146 valence electrons. The molecule has 9 heteroatoms. The maximum Gasteiger partial charge on any atom is 0.262 e. The van der Waals surface area contributed by atoms with Crippen molar-refractivity contribution in [2.45, 2.75) is 24.8 Å². The van der Waals surface area contributed by atoms with Gasteiger partial charge in [-0.1, -0.05) is 12.1 Å². The molecular weight excluding hydrogens is 372 g/mol. The molecule has 2 aromatic carbocycles. The van der Waals surface area contributed by atoms with Crippen LogP contribution in [0.25, 0.3) is 0 Å². The van der Waals surface area contributed by atoms with Gasteiger partial charge in [0.1, 0.15) is 17.6 Å². The minimum absolute atomic E-state index is 0.0329. The summed E-state index contributed by atoms with van der Waals surface area (Å²) < 4.78 is 38.1. The standard InChI is InChI=1S/C18H22N2O6S/c1-4-26-12(2)18(22)19-15-11-13(9-10-16(15)21)27(23,24)20-14-7-5-6-8-17(14)25-3/h5-12,20-21H,4H2,1-3H3,(H,19,22). The van der Waals surface area contributed by atoms with Gasteiger partial charge in [0.05, 0.1) is 23.4 Å². The summed E-state index contributed by atoms with van der Waals surface area (Å²) in [5, 5.41) is 12.4. The summed E-state index contributed by atoms with van der Waals surface area (Å²) in [6, 6.07) is 10.1. The van der Waals surface area contributed by atoms with E-state index in [2.05, 4.69) is 10.0 Å². The summed E-state index contributed by atoms with van der Waals surface area (Å²) in [7, 11) is -2.54. The lowest BCUT2D eigenvalue weighted by molar-refractivity contribution is -0.126. The highest BCUT2D eigenvalue weighted by atomic mass is 32.2. The monoisotopic (exact) mass is 394 g/mol. The average Bonchev–Trinajstić information content (AvgIpc) is 2.63. The van der Waals surface area contributed by atoms with E-state index in [1.807, 2.05) is 0 Å². The summed E-state index contributed by atoms with van der Waals surface area (Å²) in [4.78, 5) is 11.9. The van der Waals surface area contributed by atoms with Gasteiger partial charge in [-0.2, -0.15) is 0 Å².